The van der Waals surface area contributed by atoms with Crippen LogP contribution in [-0.4, -0.2) is 27.2 Å². The Morgan fingerprint density at radius 1 is 1.33 bits per heavy atom. The lowest BCUT2D eigenvalue weighted by molar-refractivity contribution is -0.0719. The van der Waals surface area contributed by atoms with Gasteiger partial charge in [-0.15, -0.1) is 0 Å². The lowest BCUT2D eigenvalue weighted by Gasteiger charge is -2.33. The Labute approximate surface area is 72.1 Å². The van der Waals surface area contributed by atoms with Crippen LogP contribution < -0.4 is 0 Å². The van der Waals surface area contributed by atoms with Crippen LogP contribution in [0.1, 0.15) is 26.2 Å². The van der Waals surface area contributed by atoms with E-state index < -0.39 is 20.5 Å². The molecule has 0 aromatic carbocycles. The zero-order valence-corrected chi connectivity index (χ0v) is 8.49. The third kappa shape index (κ3) is 3.14. The molecular formula is C7H13F3OSi. The minimum absolute atomic E-state index is 0.500. The predicted octanol–water partition coefficient (Wildman–Crippen LogP) is 1.59. The minimum atomic E-state index is -3.97. The molecule has 0 amide bonds. The molecule has 1 rings (SSSR count). The molecule has 1 fully saturated rings. The van der Waals surface area contributed by atoms with Crippen molar-refractivity contribution in [3.8, 4) is 0 Å². The first-order valence-corrected chi connectivity index (χ1v) is 5.53. The summed E-state index contributed by atoms with van der Waals surface area (Å²) >= 11 is 0. The van der Waals surface area contributed by atoms with E-state index in [4.69, 9.17) is 4.74 Å². The summed E-state index contributed by atoms with van der Waals surface area (Å²) in [4.78, 5) is 0. The second kappa shape index (κ2) is 3.37. The van der Waals surface area contributed by atoms with Crippen LogP contribution in [0.2, 0.25) is 0 Å². The van der Waals surface area contributed by atoms with E-state index in [1.165, 1.54) is 0 Å². The maximum absolute atomic E-state index is 12.1. The highest BCUT2D eigenvalue weighted by atomic mass is 28.2. The highest BCUT2D eigenvalue weighted by molar-refractivity contribution is 6.42. The second-order valence-corrected chi connectivity index (χ2v) is 6.20. The van der Waals surface area contributed by atoms with Crippen LogP contribution in [0, 0.1) is 0 Å². The average Bonchev–Trinajstić information content (AvgIpc) is 1.83. The molecule has 1 atom stereocenters. The van der Waals surface area contributed by atoms with Gasteiger partial charge in [0.25, 0.3) is 0 Å². The van der Waals surface area contributed by atoms with Crippen molar-refractivity contribution in [3.63, 3.8) is 0 Å². The Bertz CT molecular complexity index is 151. The molecule has 0 bridgehead atoms. The quantitative estimate of drug-likeness (QED) is 0.581. The average molecular weight is 198 g/mol. The Hall–Kier alpha value is -0.0331. The molecule has 1 saturated heterocycles. The Balaban J connectivity index is 2.47. The number of halogens is 3. The third-order valence-electron chi connectivity index (χ3n) is 2.12. The summed E-state index contributed by atoms with van der Waals surface area (Å²) in [7, 11) is -2.11. The SMILES string of the molecule is CC1([SiH2]C(F)(F)F)CCCCO1. The van der Waals surface area contributed by atoms with Gasteiger partial charge >= 0.3 is 5.80 Å². The van der Waals surface area contributed by atoms with Gasteiger partial charge in [0.05, 0.1) is 5.22 Å². The van der Waals surface area contributed by atoms with Crippen LogP contribution in [0.15, 0.2) is 0 Å². The molecule has 1 unspecified atom stereocenters. The summed E-state index contributed by atoms with van der Waals surface area (Å²) in [5.41, 5.74) is 0. The fraction of sp³-hybridized carbons (Fsp3) is 1.00. The number of ether oxygens (including phenoxy) is 1. The van der Waals surface area contributed by atoms with Gasteiger partial charge in [0.1, 0.15) is 0 Å². The summed E-state index contributed by atoms with van der Waals surface area (Å²) < 4.78 is 41.4. The van der Waals surface area contributed by atoms with Crippen molar-refractivity contribution in [1.29, 1.82) is 0 Å². The molecule has 0 radical (unpaired) electrons. The Morgan fingerprint density at radius 3 is 2.42 bits per heavy atom. The summed E-state index contributed by atoms with van der Waals surface area (Å²) in [6.45, 7) is 2.10. The molecule has 1 aliphatic heterocycles. The Kier molecular flexibility index (Phi) is 2.83. The molecule has 1 aliphatic rings. The standard InChI is InChI=1S/C7H13F3OSi/c1-6(12-7(8,9)10)4-2-3-5-11-6/h2-5,12H2,1H3. The van der Waals surface area contributed by atoms with Crippen LogP contribution >= 0.6 is 0 Å². The summed E-state index contributed by atoms with van der Waals surface area (Å²) in [6.07, 6.45) is 2.36. The van der Waals surface area contributed by atoms with E-state index in [9.17, 15) is 13.2 Å². The first-order chi connectivity index (χ1) is 5.41. The molecule has 0 aliphatic carbocycles. The molecule has 0 saturated carbocycles. The van der Waals surface area contributed by atoms with Gasteiger partial charge in [-0.3, -0.25) is 0 Å². The monoisotopic (exact) mass is 198 g/mol. The second-order valence-electron chi connectivity index (χ2n) is 3.55. The largest absolute Gasteiger partial charge is 0.379 e. The summed E-state index contributed by atoms with van der Waals surface area (Å²) in [6, 6.07) is 0. The van der Waals surface area contributed by atoms with Crippen molar-refractivity contribution in [1.82, 2.24) is 0 Å². The smallest absolute Gasteiger partial charge is 0.358 e. The van der Waals surface area contributed by atoms with Crippen molar-refractivity contribution >= 4 is 9.52 Å². The van der Waals surface area contributed by atoms with Crippen LogP contribution in [0.5, 0.6) is 0 Å². The van der Waals surface area contributed by atoms with Crippen LogP contribution in [-0.2, 0) is 4.74 Å². The lowest BCUT2D eigenvalue weighted by Crippen LogP contribution is -2.46. The van der Waals surface area contributed by atoms with E-state index in [-0.39, 0.29) is 0 Å². The molecule has 12 heavy (non-hydrogen) atoms. The van der Waals surface area contributed by atoms with Crippen molar-refractivity contribution in [2.75, 3.05) is 6.61 Å². The molecule has 0 aromatic heterocycles. The summed E-state index contributed by atoms with van der Waals surface area (Å²) in [5, 5.41) is -0.823. The molecule has 0 aromatic rings. The number of alkyl halides is 3. The lowest BCUT2D eigenvalue weighted by atomic mass is 10.1. The first kappa shape index (κ1) is 10.1. The van der Waals surface area contributed by atoms with Crippen molar-refractivity contribution in [2.24, 2.45) is 0 Å². The number of hydrogen-bond acceptors (Lipinski definition) is 1. The van der Waals surface area contributed by atoms with E-state index in [2.05, 4.69) is 0 Å². The van der Waals surface area contributed by atoms with E-state index in [0.717, 1.165) is 12.8 Å². The molecule has 1 heterocycles. The van der Waals surface area contributed by atoms with Gasteiger partial charge in [-0.25, -0.2) is 0 Å². The van der Waals surface area contributed by atoms with E-state index in [0.29, 0.717) is 13.0 Å². The zero-order valence-electron chi connectivity index (χ0n) is 7.08. The fourth-order valence-electron chi connectivity index (χ4n) is 1.56. The molecule has 0 spiro atoms. The topological polar surface area (TPSA) is 9.23 Å². The molecule has 5 heteroatoms. The highest BCUT2D eigenvalue weighted by Crippen LogP contribution is 2.28. The minimum Gasteiger partial charge on any atom is -0.379 e. The van der Waals surface area contributed by atoms with E-state index in [1.807, 2.05) is 0 Å². The van der Waals surface area contributed by atoms with Gasteiger partial charge in [-0.05, 0) is 26.2 Å². The molecule has 72 valence electrons. The van der Waals surface area contributed by atoms with Gasteiger partial charge in [-0.2, -0.15) is 13.2 Å². The highest BCUT2D eigenvalue weighted by Gasteiger charge is 2.41. The van der Waals surface area contributed by atoms with Crippen molar-refractivity contribution in [2.45, 2.75) is 37.2 Å². The number of rotatable bonds is 1. The van der Waals surface area contributed by atoms with Crippen LogP contribution in [0.4, 0.5) is 13.2 Å². The molecule has 1 nitrogen and oxygen atoms in total. The zero-order chi connectivity index (χ0) is 9.24. The maximum atomic E-state index is 12.1. The van der Waals surface area contributed by atoms with E-state index in [1.54, 1.807) is 6.92 Å². The van der Waals surface area contributed by atoms with Gasteiger partial charge in [0, 0.05) is 6.61 Å². The predicted molar refractivity (Wildman–Crippen MR) is 42.8 cm³/mol. The van der Waals surface area contributed by atoms with Gasteiger partial charge in [-0.1, -0.05) is 0 Å². The summed E-state index contributed by atoms with van der Waals surface area (Å²) in [5.74, 6) is -3.97. The Morgan fingerprint density at radius 2 is 2.00 bits per heavy atom. The normalized spacial score (nSPS) is 33.0. The van der Waals surface area contributed by atoms with Crippen LogP contribution in [0.25, 0.3) is 0 Å². The van der Waals surface area contributed by atoms with Gasteiger partial charge < -0.3 is 4.74 Å². The molecule has 0 N–H and O–H groups in total. The van der Waals surface area contributed by atoms with Gasteiger partial charge in [0.2, 0.25) is 0 Å². The maximum Gasteiger partial charge on any atom is 0.358 e. The third-order valence-corrected chi connectivity index (χ3v) is 3.83. The first-order valence-electron chi connectivity index (χ1n) is 4.12. The van der Waals surface area contributed by atoms with Crippen LogP contribution in [0.3, 0.4) is 0 Å². The van der Waals surface area contributed by atoms with Crippen molar-refractivity contribution < 1.29 is 17.9 Å². The fourth-order valence-corrected chi connectivity index (χ4v) is 3.08. The number of hydrogen-bond donors (Lipinski definition) is 0. The van der Waals surface area contributed by atoms with Crippen molar-refractivity contribution in [3.05, 3.63) is 0 Å². The molecular weight excluding hydrogens is 185 g/mol. The van der Waals surface area contributed by atoms with Gasteiger partial charge in [0.15, 0.2) is 9.52 Å². The van der Waals surface area contributed by atoms with E-state index >= 15 is 0 Å².